The minimum Gasteiger partial charge on any atom is -0.497 e. The molecule has 3 heterocycles. The third-order valence-corrected chi connectivity index (χ3v) is 8.13. The lowest BCUT2D eigenvalue weighted by molar-refractivity contribution is -0.122. The molecule has 0 aliphatic carbocycles. The molecular weight excluding hydrogens is 504 g/mol. The van der Waals surface area contributed by atoms with E-state index in [1.807, 2.05) is 66.9 Å². The van der Waals surface area contributed by atoms with Crippen LogP contribution in [0.1, 0.15) is 29.7 Å². The van der Waals surface area contributed by atoms with Crippen molar-refractivity contribution in [3.63, 3.8) is 0 Å². The molecule has 37 heavy (non-hydrogen) atoms. The summed E-state index contributed by atoms with van der Waals surface area (Å²) >= 11 is 3.20. The largest absolute Gasteiger partial charge is 0.497 e. The van der Waals surface area contributed by atoms with E-state index in [2.05, 4.69) is 16.8 Å². The van der Waals surface area contributed by atoms with Gasteiger partial charge in [-0.3, -0.25) is 14.5 Å². The molecule has 0 bridgehead atoms. The van der Waals surface area contributed by atoms with Crippen LogP contribution in [0.25, 0.3) is 16.9 Å². The summed E-state index contributed by atoms with van der Waals surface area (Å²) in [4.78, 5) is 28.1. The molecule has 0 spiro atoms. The highest BCUT2D eigenvalue weighted by atomic mass is 32.2. The molecule has 0 saturated heterocycles. The van der Waals surface area contributed by atoms with Gasteiger partial charge in [0.25, 0.3) is 0 Å². The van der Waals surface area contributed by atoms with Crippen molar-refractivity contribution >= 4 is 40.7 Å². The summed E-state index contributed by atoms with van der Waals surface area (Å²) in [7, 11) is 1.63. The quantitative estimate of drug-likeness (QED) is 0.333. The van der Waals surface area contributed by atoms with E-state index in [-0.39, 0.29) is 29.4 Å². The molecule has 1 unspecified atom stereocenters. The molecule has 4 aromatic rings. The van der Waals surface area contributed by atoms with Crippen LogP contribution >= 0.6 is 23.1 Å². The van der Waals surface area contributed by atoms with Crippen molar-refractivity contribution in [1.82, 2.24) is 15.1 Å². The fourth-order valence-corrected chi connectivity index (χ4v) is 6.34. The predicted molar refractivity (Wildman–Crippen MR) is 150 cm³/mol. The highest BCUT2D eigenvalue weighted by Gasteiger charge is 2.37. The Bertz CT molecular complexity index is 1370. The summed E-state index contributed by atoms with van der Waals surface area (Å²) in [5.74, 6) is 1.30. The lowest BCUT2D eigenvalue weighted by atomic mass is 10.0. The topological polar surface area (TPSA) is 76.5 Å². The minimum atomic E-state index is -0.191. The van der Waals surface area contributed by atoms with E-state index in [0.717, 1.165) is 40.2 Å². The summed E-state index contributed by atoms with van der Waals surface area (Å²) in [6.07, 6.45) is 0.822. The van der Waals surface area contributed by atoms with E-state index in [9.17, 15) is 9.59 Å². The molecule has 1 aliphatic heterocycles. The maximum absolute atomic E-state index is 13.6. The Hall–Kier alpha value is -3.56. The molecule has 9 heteroatoms. The molecule has 1 N–H and O–H groups in total. The van der Waals surface area contributed by atoms with Gasteiger partial charge in [0, 0.05) is 17.7 Å². The molecular formula is C28H28N4O3S2. The van der Waals surface area contributed by atoms with Gasteiger partial charge in [-0.05, 0) is 53.1 Å². The smallest absolute Gasteiger partial charge is 0.240 e. The van der Waals surface area contributed by atoms with Crippen LogP contribution in [-0.4, -0.2) is 47.5 Å². The molecule has 7 nitrogen and oxygen atoms in total. The molecule has 1 aliphatic rings. The van der Waals surface area contributed by atoms with Crippen LogP contribution in [0.3, 0.4) is 0 Å². The summed E-state index contributed by atoms with van der Waals surface area (Å²) in [5.41, 5.74) is 4.58. The number of hydrogen-bond donors (Lipinski definition) is 1. The molecule has 0 saturated carbocycles. The highest BCUT2D eigenvalue weighted by molar-refractivity contribution is 8.00. The van der Waals surface area contributed by atoms with Crippen LogP contribution in [0.2, 0.25) is 0 Å². The molecule has 2 aromatic carbocycles. The first-order valence-corrected chi connectivity index (χ1v) is 14.1. The fourth-order valence-electron chi connectivity index (χ4n) is 4.38. The number of thiophene rings is 1. The number of nitrogens with zero attached hydrogens (tertiary/aromatic N) is 3. The number of fused-ring (bicyclic) bond motifs is 1. The van der Waals surface area contributed by atoms with Crippen molar-refractivity contribution in [2.24, 2.45) is 0 Å². The molecule has 0 fully saturated rings. The van der Waals surface area contributed by atoms with Crippen LogP contribution in [0.5, 0.6) is 5.75 Å². The number of anilines is 1. The average molecular weight is 533 g/mol. The predicted octanol–water partition coefficient (Wildman–Crippen LogP) is 5.30. The third kappa shape index (κ3) is 5.14. The van der Waals surface area contributed by atoms with Gasteiger partial charge in [0.15, 0.2) is 0 Å². The van der Waals surface area contributed by atoms with Gasteiger partial charge >= 0.3 is 0 Å². The first kappa shape index (κ1) is 25.1. The number of hydrogen-bond acceptors (Lipinski definition) is 6. The number of ether oxygens (including phenoxy) is 1. The number of benzene rings is 2. The van der Waals surface area contributed by atoms with Crippen molar-refractivity contribution < 1.29 is 14.3 Å². The number of aromatic nitrogens is 2. The van der Waals surface area contributed by atoms with Crippen molar-refractivity contribution in [3.05, 3.63) is 82.6 Å². The molecule has 0 radical (unpaired) electrons. The second kappa shape index (κ2) is 11.2. The maximum atomic E-state index is 13.6. The number of methoxy groups -OCH3 is 1. The zero-order valence-corrected chi connectivity index (χ0v) is 22.3. The Morgan fingerprint density at radius 1 is 1.14 bits per heavy atom. The van der Waals surface area contributed by atoms with E-state index >= 15 is 0 Å². The van der Waals surface area contributed by atoms with Gasteiger partial charge in [0.1, 0.15) is 18.1 Å². The Morgan fingerprint density at radius 3 is 2.59 bits per heavy atom. The zero-order chi connectivity index (χ0) is 25.8. The number of carbonyl (C=O) groups is 2. The lowest BCUT2D eigenvalue weighted by Gasteiger charge is -2.23. The maximum Gasteiger partial charge on any atom is 0.240 e. The van der Waals surface area contributed by atoms with Gasteiger partial charge in [0.2, 0.25) is 11.8 Å². The number of rotatable bonds is 8. The highest BCUT2D eigenvalue weighted by Crippen LogP contribution is 2.48. The van der Waals surface area contributed by atoms with Gasteiger partial charge in [-0.1, -0.05) is 37.3 Å². The van der Waals surface area contributed by atoms with Crippen LogP contribution < -0.4 is 15.0 Å². The van der Waals surface area contributed by atoms with Gasteiger partial charge < -0.3 is 10.1 Å². The summed E-state index contributed by atoms with van der Waals surface area (Å²) in [6.45, 7) is 2.49. The fraction of sp³-hybridized carbons (Fsp3) is 0.250. The van der Waals surface area contributed by atoms with Gasteiger partial charge in [-0.2, -0.15) is 16.4 Å². The van der Waals surface area contributed by atoms with Gasteiger partial charge in [0.05, 0.1) is 29.5 Å². The number of thioether (sulfide) groups is 1. The van der Waals surface area contributed by atoms with Gasteiger partial charge in [-0.15, -0.1) is 11.8 Å². The average Bonchev–Trinajstić information content (AvgIpc) is 3.58. The number of nitrogens with one attached hydrogen (secondary N) is 1. The summed E-state index contributed by atoms with van der Waals surface area (Å²) in [5, 5.41) is 12.1. The third-order valence-electron chi connectivity index (χ3n) is 6.17. The van der Waals surface area contributed by atoms with Crippen LogP contribution in [0.4, 0.5) is 5.82 Å². The van der Waals surface area contributed by atoms with E-state index in [0.29, 0.717) is 12.4 Å². The van der Waals surface area contributed by atoms with Crippen molar-refractivity contribution in [2.45, 2.75) is 18.6 Å². The normalized spacial score (nSPS) is 15.2. The molecule has 5 rings (SSSR count). The van der Waals surface area contributed by atoms with E-state index in [1.54, 1.807) is 39.8 Å². The van der Waals surface area contributed by atoms with E-state index in [4.69, 9.17) is 9.84 Å². The van der Waals surface area contributed by atoms with Crippen LogP contribution in [-0.2, 0) is 9.59 Å². The van der Waals surface area contributed by atoms with Crippen molar-refractivity contribution in [1.29, 1.82) is 0 Å². The second-order valence-electron chi connectivity index (χ2n) is 8.64. The van der Waals surface area contributed by atoms with E-state index < -0.39 is 0 Å². The Labute approximate surface area is 224 Å². The molecule has 2 aromatic heterocycles. The lowest BCUT2D eigenvalue weighted by Crippen LogP contribution is -2.42. The summed E-state index contributed by atoms with van der Waals surface area (Å²) in [6, 6.07) is 19.7. The monoisotopic (exact) mass is 532 g/mol. The van der Waals surface area contributed by atoms with E-state index in [1.165, 1.54) is 0 Å². The van der Waals surface area contributed by atoms with Crippen molar-refractivity contribution in [2.75, 3.05) is 30.9 Å². The number of amides is 2. The number of carbonyl (C=O) groups excluding carboxylic acids is 2. The summed E-state index contributed by atoms with van der Waals surface area (Å²) < 4.78 is 7.16. The Morgan fingerprint density at radius 2 is 1.92 bits per heavy atom. The second-order valence-corrected chi connectivity index (χ2v) is 10.5. The first-order valence-electron chi connectivity index (χ1n) is 12.1. The molecule has 1 atom stereocenters. The van der Waals surface area contributed by atoms with Crippen LogP contribution in [0.15, 0.2) is 71.4 Å². The molecule has 2 amide bonds. The first-order chi connectivity index (χ1) is 18.1. The van der Waals surface area contributed by atoms with Crippen LogP contribution in [0, 0.1) is 0 Å². The van der Waals surface area contributed by atoms with Gasteiger partial charge in [-0.25, -0.2) is 4.68 Å². The minimum absolute atomic E-state index is 0.0706. The Kier molecular flexibility index (Phi) is 7.62. The zero-order valence-electron chi connectivity index (χ0n) is 20.7. The SMILES string of the molecule is CCCNC(=O)CN1C(=O)CSC(c2ccsc2)c2c(-c3ccccc3)nn(-c3ccc(OC)cc3)c21. The van der Waals surface area contributed by atoms with Crippen molar-refractivity contribution in [3.8, 4) is 22.7 Å². The Balaban J connectivity index is 1.76. The molecule has 190 valence electrons. The standard InChI is InChI=1S/C28H28N4O3S2/c1-3-14-29-23(33)16-31-24(34)18-37-27(20-13-15-36-17-20)25-26(19-7-5-4-6-8-19)30-32(28(25)31)21-9-11-22(35-2)12-10-21/h4-13,15,17,27H,3,14,16,18H2,1-2H3,(H,29,33).